The number of aromatic nitrogens is 5. The summed E-state index contributed by atoms with van der Waals surface area (Å²) in [4.78, 5) is 30.7. The van der Waals surface area contributed by atoms with Gasteiger partial charge in [0.2, 0.25) is 11.9 Å². The normalized spacial score (nSPS) is 18.5. The number of hydrogen-bond donors (Lipinski definition) is 3. The van der Waals surface area contributed by atoms with Crippen LogP contribution in [0.1, 0.15) is 54.5 Å². The van der Waals surface area contributed by atoms with Gasteiger partial charge in [-0.1, -0.05) is 19.8 Å². The summed E-state index contributed by atoms with van der Waals surface area (Å²) in [7, 11) is -3.26. The number of hydrogen-bond acceptors (Lipinski definition) is 7. The Kier molecular flexibility index (Phi) is 8.48. The first kappa shape index (κ1) is 28.4. The Hall–Kier alpha value is -3.61. The van der Waals surface area contributed by atoms with Gasteiger partial charge in [-0.3, -0.25) is 19.4 Å². The van der Waals surface area contributed by atoms with Gasteiger partial charge in [-0.2, -0.15) is 14.6 Å². The van der Waals surface area contributed by atoms with Crippen molar-refractivity contribution in [1.82, 2.24) is 30.3 Å². The molecule has 4 rings (SSSR count). The molecule has 0 aliphatic heterocycles. The van der Waals surface area contributed by atoms with Crippen LogP contribution in [-0.2, 0) is 21.2 Å². The van der Waals surface area contributed by atoms with Crippen molar-refractivity contribution < 1.29 is 22.4 Å². The Bertz CT molecular complexity index is 1440. The quantitative estimate of drug-likeness (QED) is 0.341. The second-order valence-electron chi connectivity index (χ2n) is 10.4. The molecule has 1 saturated carbocycles. The number of nitrogens with one attached hydrogen (secondary N) is 3. The van der Waals surface area contributed by atoms with Gasteiger partial charge in [-0.15, -0.1) is 0 Å². The lowest BCUT2D eigenvalue weighted by Gasteiger charge is -2.32. The molecule has 1 aliphatic rings. The van der Waals surface area contributed by atoms with Crippen molar-refractivity contribution in [2.75, 3.05) is 17.3 Å². The summed E-state index contributed by atoms with van der Waals surface area (Å²) >= 11 is 0. The van der Waals surface area contributed by atoms with E-state index < -0.39 is 33.6 Å². The lowest BCUT2D eigenvalue weighted by molar-refractivity contribution is -0.119. The number of aromatic amines is 1. The standard InChI is InChI=1S/C26H34FN7O4S/c1-15-5-7-18(8-6-15)23(31-25(35)20-11-12-28-34(20)13-14-39(4,37)38)26(36)30-21-10-9-19(24(27)29-21)22-16(2)32-33-17(22)3/h9-12,15,18,23H,5-8,13-14H2,1-4H3,(H,31,35)(H,32,33)(H,29,30,36)/t15-,18-,23-/m0/s1. The van der Waals surface area contributed by atoms with Crippen molar-refractivity contribution in [2.45, 2.75) is 59.0 Å². The molecule has 0 spiro atoms. The summed E-state index contributed by atoms with van der Waals surface area (Å²) in [6.45, 7) is 5.72. The number of rotatable bonds is 9. The second kappa shape index (κ2) is 11.6. The topological polar surface area (TPSA) is 152 Å². The van der Waals surface area contributed by atoms with E-state index in [0.717, 1.165) is 31.9 Å². The van der Waals surface area contributed by atoms with Gasteiger partial charge < -0.3 is 10.6 Å². The van der Waals surface area contributed by atoms with Crippen LogP contribution < -0.4 is 10.6 Å². The highest BCUT2D eigenvalue weighted by Gasteiger charge is 2.33. The van der Waals surface area contributed by atoms with Crippen molar-refractivity contribution in [3.63, 3.8) is 0 Å². The highest BCUT2D eigenvalue weighted by molar-refractivity contribution is 7.90. The van der Waals surface area contributed by atoms with E-state index in [1.54, 1.807) is 19.9 Å². The Morgan fingerprint density at radius 2 is 1.90 bits per heavy atom. The Morgan fingerprint density at radius 1 is 1.18 bits per heavy atom. The van der Waals surface area contributed by atoms with Crippen molar-refractivity contribution in [3.8, 4) is 11.1 Å². The van der Waals surface area contributed by atoms with Gasteiger partial charge >= 0.3 is 0 Å². The summed E-state index contributed by atoms with van der Waals surface area (Å²) in [6.07, 6.45) is 5.84. The number of carbonyl (C=O) groups is 2. The number of carbonyl (C=O) groups excluding carboxylic acids is 2. The number of aryl methyl sites for hydroxylation is 3. The fourth-order valence-electron chi connectivity index (χ4n) is 5.03. The fraction of sp³-hybridized carbons (Fsp3) is 0.500. The Labute approximate surface area is 226 Å². The van der Waals surface area contributed by atoms with Crippen LogP contribution in [0, 0.1) is 31.6 Å². The molecular weight excluding hydrogens is 525 g/mol. The molecule has 3 aromatic rings. The molecule has 210 valence electrons. The van der Waals surface area contributed by atoms with Crippen LogP contribution in [0.15, 0.2) is 24.4 Å². The zero-order chi connectivity index (χ0) is 28.3. The number of sulfone groups is 1. The number of H-pyrrole nitrogens is 1. The number of nitrogens with zero attached hydrogens (tertiary/aromatic N) is 4. The van der Waals surface area contributed by atoms with Crippen LogP contribution in [0.25, 0.3) is 11.1 Å². The van der Waals surface area contributed by atoms with Crippen LogP contribution in [-0.4, -0.2) is 63.2 Å². The Balaban J connectivity index is 1.54. The maximum Gasteiger partial charge on any atom is 0.270 e. The summed E-state index contributed by atoms with van der Waals surface area (Å²) in [5.41, 5.74) is 2.38. The van der Waals surface area contributed by atoms with Crippen molar-refractivity contribution in [1.29, 1.82) is 0 Å². The summed E-state index contributed by atoms with van der Waals surface area (Å²) in [5.74, 6) is -1.54. The number of amides is 2. The molecule has 1 atom stereocenters. The van der Waals surface area contributed by atoms with Crippen molar-refractivity contribution in [3.05, 3.63) is 47.4 Å². The predicted molar refractivity (Wildman–Crippen MR) is 144 cm³/mol. The van der Waals surface area contributed by atoms with Crippen LogP contribution in [0.5, 0.6) is 0 Å². The first-order chi connectivity index (χ1) is 18.4. The van der Waals surface area contributed by atoms with E-state index in [1.807, 2.05) is 0 Å². The van der Waals surface area contributed by atoms with E-state index in [4.69, 9.17) is 0 Å². The van der Waals surface area contributed by atoms with Gasteiger partial charge in [-0.25, -0.2) is 13.4 Å². The first-order valence-electron chi connectivity index (χ1n) is 12.9. The largest absolute Gasteiger partial charge is 0.339 e. The average Bonchev–Trinajstić information content (AvgIpc) is 3.48. The molecule has 39 heavy (non-hydrogen) atoms. The molecular formula is C26H34FN7O4S. The van der Waals surface area contributed by atoms with E-state index in [9.17, 15) is 22.4 Å². The van der Waals surface area contributed by atoms with Crippen LogP contribution in [0.2, 0.25) is 0 Å². The van der Waals surface area contributed by atoms with Gasteiger partial charge in [0.25, 0.3) is 5.91 Å². The molecule has 0 unspecified atom stereocenters. The molecule has 1 aliphatic carbocycles. The summed E-state index contributed by atoms with van der Waals surface area (Å²) < 4.78 is 39.5. The minimum Gasteiger partial charge on any atom is -0.339 e. The summed E-state index contributed by atoms with van der Waals surface area (Å²) in [5, 5.41) is 16.5. The lowest BCUT2D eigenvalue weighted by atomic mass is 9.79. The molecule has 0 bridgehead atoms. The molecule has 0 radical (unpaired) electrons. The van der Waals surface area contributed by atoms with Crippen LogP contribution in [0.3, 0.4) is 0 Å². The molecule has 0 aromatic carbocycles. The van der Waals surface area contributed by atoms with Crippen LogP contribution >= 0.6 is 0 Å². The molecule has 3 N–H and O–H groups in total. The molecule has 3 aromatic heterocycles. The molecule has 2 amide bonds. The number of halogens is 1. The van der Waals surface area contributed by atoms with Crippen molar-refractivity contribution in [2.24, 2.45) is 11.8 Å². The molecule has 3 heterocycles. The highest BCUT2D eigenvalue weighted by atomic mass is 32.2. The van der Waals surface area contributed by atoms with E-state index in [0.29, 0.717) is 22.9 Å². The number of pyridine rings is 1. The van der Waals surface area contributed by atoms with E-state index >= 15 is 0 Å². The second-order valence-corrected chi connectivity index (χ2v) is 12.6. The maximum absolute atomic E-state index is 15.0. The van der Waals surface area contributed by atoms with E-state index in [1.165, 1.54) is 23.0 Å². The van der Waals surface area contributed by atoms with E-state index in [2.05, 4.69) is 37.8 Å². The minimum atomic E-state index is -3.26. The van der Waals surface area contributed by atoms with Gasteiger partial charge in [0.1, 0.15) is 27.4 Å². The third-order valence-corrected chi connectivity index (χ3v) is 8.15. The smallest absolute Gasteiger partial charge is 0.270 e. The SMILES string of the molecule is Cc1n[nH]c(C)c1-c1ccc(NC(=O)[C@@H](NC(=O)c2ccnn2CCS(C)(=O)=O)[C@H]2CC[C@H](C)CC2)nc1F. The first-order valence-corrected chi connectivity index (χ1v) is 15.0. The Morgan fingerprint density at radius 3 is 2.51 bits per heavy atom. The maximum atomic E-state index is 15.0. The zero-order valence-corrected chi connectivity index (χ0v) is 23.3. The average molecular weight is 560 g/mol. The fourth-order valence-corrected chi connectivity index (χ4v) is 5.53. The zero-order valence-electron chi connectivity index (χ0n) is 22.5. The molecule has 0 saturated heterocycles. The van der Waals surface area contributed by atoms with Crippen LogP contribution in [0.4, 0.5) is 10.2 Å². The lowest BCUT2D eigenvalue weighted by Crippen LogP contribution is -2.49. The third kappa shape index (κ3) is 6.88. The van der Waals surface area contributed by atoms with Gasteiger partial charge in [0, 0.05) is 29.3 Å². The summed E-state index contributed by atoms with van der Waals surface area (Å²) in [6, 6.07) is 3.64. The monoisotopic (exact) mass is 559 g/mol. The third-order valence-electron chi connectivity index (χ3n) is 7.22. The minimum absolute atomic E-state index is 0.0115. The van der Waals surface area contributed by atoms with Gasteiger partial charge in [-0.05, 0) is 56.7 Å². The van der Waals surface area contributed by atoms with Gasteiger partial charge in [0.05, 0.1) is 18.0 Å². The molecule has 11 nitrogen and oxygen atoms in total. The molecule has 13 heteroatoms. The predicted octanol–water partition coefficient (Wildman–Crippen LogP) is 3.03. The van der Waals surface area contributed by atoms with E-state index in [-0.39, 0.29) is 35.3 Å². The van der Waals surface area contributed by atoms with Crippen molar-refractivity contribution >= 4 is 27.5 Å². The van der Waals surface area contributed by atoms with Gasteiger partial charge in [0.15, 0.2) is 0 Å². The molecule has 1 fully saturated rings. The highest BCUT2D eigenvalue weighted by Crippen LogP contribution is 2.32. The number of anilines is 1.